The Balaban J connectivity index is 1.89. The topological polar surface area (TPSA) is 35.6 Å². The molecule has 0 amide bonds. The molecule has 0 fully saturated rings. The average Bonchev–Trinajstić information content (AvgIpc) is 3.09. The second-order valence-corrected chi connectivity index (χ2v) is 5.41. The standard InChI is InChI=1S/C18H16N4/c1-13-12-16(14-8-4-3-5-9-14)20-22(13)18-19-15-10-6-7-11-17(15)21(18)2/h3-12H,1-2H3. The summed E-state index contributed by atoms with van der Waals surface area (Å²) < 4.78 is 3.98. The average molecular weight is 288 g/mol. The minimum atomic E-state index is 0.834. The molecule has 2 aromatic heterocycles. The lowest BCUT2D eigenvalue weighted by Crippen LogP contribution is -2.06. The van der Waals surface area contributed by atoms with Crippen LogP contribution in [-0.2, 0) is 7.05 Å². The largest absolute Gasteiger partial charge is 0.311 e. The molecule has 0 saturated carbocycles. The molecule has 108 valence electrons. The highest BCUT2D eigenvalue weighted by Crippen LogP contribution is 2.22. The van der Waals surface area contributed by atoms with Crippen molar-refractivity contribution >= 4 is 11.0 Å². The summed E-state index contributed by atoms with van der Waals surface area (Å²) in [5.41, 5.74) is 5.23. The zero-order chi connectivity index (χ0) is 15.1. The number of para-hydroxylation sites is 2. The molecule has 4 rings (SSSR count). The molecule has 0 aliphatic rings. The van der Waals surface area contributed by atoms with Crippen LogP contribution in [0.2, 0.25) is 0 Å². The van der Waals surface area contributed by atoms with Crippen LogP contribution in [0.4, 0.5) is 0 Å². The third-order valence-corrected chi connectivity index (χ3v) is 3.91. The van der Waals surface area contributed by atoms with Gasteiger partial charge in [-0.2, -0.15) is 5.10 Å². The van der Waals surface area contributed by atoms with E-state index in [4.69, 9.17) is 10.1 Å². The zero-order valence-electron chi connectivity index (χ0n) is 12.6. The fraction of sp³-hybridized carbons (Fsp3) is 0.111. The van der Waals surface area contributed by atoms with Gasteiger partial charge in [-0.3, -0.25) is 0 Å². The van der Waals surface area contributed by atoms with Crippen LogP contribution in [0.15, 0.2) is 60.7 Å². The monoisotopic (exact) mass is 288 g/mol. The Morgan fingerprint density at radius 2 is 1.64 bits per heavy atom. The summed E-state index contributed by atoms with van der Waals surface area (Å²) in [6.07, 6.45) is 0. The molecule has 2 aromatic carbocycles. The number of hydrogen-bond acceptors (Lipinski definition) is 2. The fourth-order valence-corrected chi connectivity index (χ4v) is 2.75. The predicted octanol–water partition coefficient (Wildman–Crippen LogP) is 3.73. The van der Waals surface area contributed by atoms with Crippen molar-refractivity contribution < 1.29 is 0 Å². The van der Waals surface area contributed by atoms with E-state index in [0.29, 0.717) is 0 Å². The number of hydrogen-bond donors (Lipinski definition) is 0. The third-order valence-electron chi connectivity index (χ3n) is 3.91. The Hall–Kier alpha value is -2.88. The molecule has 0 aliphatic heterocycles. The highest BCUT2D eigenvalue weighted by molar-refractivity contribution is 5.77. The highest BCUT2D eigenvalue weighted by atomic mass is 15.4. The summed E-state index contributed by atoms with van der Waals surface area (Å²) in [6.45, 7) is 2.05. The maximum absolute atomic E-state index is 4.74. The summed E-state index contributed by atoms with van der Waals surface area (Å²) in [6, 6.07) is 20.4. The molecule has 4 heteroatoms. The SMILES string of the molecule is Cc1cc(-c2ccccc2)nn1-c1nc2ccccc2n1C. The van der Waals surface area contributed by atoms with Gasteiger partial charge in [0, 0.05) is 18.3 Å². The van der Waals surface area contributed by atoms with Crippen molar-refractivity contribution in [2.45, 2.75) is 6.92 Å². The lowest BCUT2D eigenvalue weighted by molar-refractivity contribution is 0.744. The molecule has 22 heavy (non-hydrogen) atoms. The van der Waals surface area contributed by atoms with E-state index in [1.807, 2.05) is 48.1 Å². The van der Waals surface area contributed by atoms with Gasteiger partial charge in [0.15, 0.2) is 0 Å². The van der Waals surface area contributed by atoms with Gasteiger partial charge in [-0.05, 0) is 25.1 Å². The lowest BCUT2D eigenvalue weighted by Gasteiger charge is -2.04. The summed E-state index contributed by atoms with van der Waals surface area (Å²) in [5, 5.41) is 4.74. The van der Waals surface area contributed by atoms with E-state index < -0.39 is 0 Å². The lowest BCUT2D eigenvalue weighted by atomic mass is 10.1. The molecular weight excluding hydrogens is 272 g/mol. The molecule has 4 aromatic rings. The second kappa shape index (κ2) is 4.84. The van der Waals surface area contributed by atoms with Gasteiger partial charge in [0.2, 0.25) is 5.95 Å². The van der Waals surface area contributed by atoms with Gasteiger partial charge >= 0.3 is 0 Å². The Labute approximate surface area is 128 Å². The summed E-state index contributed by atoms with van der Waals surface area (Å²) >= 11 is 0. The fourth-order valence-electron chi connectivity index (χ4n) is 2.75. The van der Waals surface area contributed by atoms with Gasteiger partial charge in [0.05, 0.1) is 16.7 Å². The van der Waals surface area contributed by atoms with Gasteiger partial charge in [-0.1, -0.05) is 42.5 Å². The first kappa shape index (κ1) is 12.8. The van der Waals surface area contributed by atoms with E-state index in [1.54, 1.807) is 0 Å². The molecule has 0 spiro atoms. The van der Waals surface area contributed by atoms with E-state index in [1.165, 1.54) is 0 Å². The number of rotatable bonds is 2. The molecule has 0 atom stereocenters. The van der Waals surface area contributed by atoms with Crippen LogP contribution in [0.3, 0.4) is 0 Å². The smallest absolute Gasteiger partial charge is 0.231 e. The number of benzene rings is 2. The van der Waals surface area contributed by atoms with Crippen molar-refractivity contribution in [3.05, 3.63) is 66.4 Å². The van der Waals surface area contributed by atoms with E-state index >= 15 is 0 Å². The van der Waals surface area contributed by atoms with Crippen molar-refractivity contribution in [3.63, 3.8) is 0 Å². The molecule has 0 unspecified atom stereocenters. The van der Waals surface area contributed by atoms with E-state index in [2.05, 4.69) is 35.8 Å². The third kappa shape index (κ3) is 1.92. The molecule has 0 bridgehead atoms. The van der Waals surface area contributed by atoms with Crippen LogP contribution < -0.4 is 0 Å². The van der Waals surface area contributed by atoms with Crippen LogP contribution in [0.5, 0.6) is 0 Å². The van der Waals surface area contributed by atoms with Crippen LogP contribution in [0.1, 0.15) is 5.69 Å². The molecular formula is C18H16N4. The maximum Gasteiger partial charge on any atom is 0.231 e. The molecule has 0 N–H and O–H groups in total. The van der Waals surface area contributed by atoms with Crippen LogP contribution >= 0.6 is 0 Å². The molecule has 0 radical (unpaired) electrons. The Morgan fingerprint density at radius 3 is 2.41 bits per heavy atom. The van der Waals surface area contributed by atoms with E-state index in [9.17, 15) is 0 Å². The zero-order valence-corrected chi connectivity index (χ0v) is 12.6. The first-order chi connectivity index (χ1) is 10.7. The number of imidazole rings is 1. The van der Waals surface area contributed by atoms with Gasteiger partial charge < -0.3 is 4.57 Å². The van der Waals surface area contributed by atoms with Crippen LogP contribution in [-0.4, -0.2) is 19.3 Å². The minimum Gasteiger partial charge on any atom is -0.311 e. The first-order valence-electron chi connectivity index (χ1n) is 7.28. The molecule has 0 aliphatic carbocycles. The molecule has 2 heterocycles. The Bertz CT molecular complexity index is 948. The van der Waals surface area contributed by atoms with Crippen molar-refractivity contribution in [1.29, 1.82) is 0 Å². The summed E-state index contributed by atoms with van der Waals surface area (Å²) in [5.74, 6) is 0.834. The van der Waals surface area contributed by atoms with Gasteiger partial charge in [-0.15, -0.1) is 0 Å². The number of aromatic nitrogens is 4. The number of nitrogens with zero attached hydrogens (tertiary/aromatic N) is 4. The quantitative estimate of drug-likeness (QED) is 0.563. The van der Waals surface area contributed by atoms with Crippen molar-refractivity contribution in [2.75, 3.05) is 0 Å². The predicted molar refractivity (Wildman–Crippen MR) is 88.0 cm³/mol. The summed E-state index contributed by atoms with van der Waals surface area (Å²) in [7, 11) is 2.02. The molecule has 4 nitrogen and oxygen atoms in total. The minimum absolute atomic E-state index is 0.834. The van der Waals surface area contributed by atoms with Crippen LogP contribution in [0, 0.1) is 6.92 Å². The number of fused-ring (bicyclic) bond motifs is 1. The van der Waals surface area contributed by atoms with E-state index in [-0.39, 0.29) is 0 Å². The maximum atomic E-state index is 4.74. The second-order valence-electron chi connectivity index (χ2n) is 5.41. The van der Waals surface area contributed by atoms with Gasteiger partial charge in [0.25, 0.3) is 0 Å². The molecule has 0 saturated heterocycles. The van der Waals surface area contributed by atoms with Gasteiger partial charge in [-0.25, -0.2) is 9.67 Å². The number of aryl methyl sites for hydroxylation is 2. The Morgan fingerprint density at radius 1 is 0.909 bits per heavy atom. The van der Waals surface area contributed by atoms with Crippen LogP contribution in [0.25, 0.3) is 28.2 Å². The normalized spacial score (nSPS) is 11.2. The van der Waals surface area contributed by atoms with Gasteiger partial charge in [0.1, 0.15) is 0 Å². The Kier molecular flexibility index (Phi) is 2.82. The van der Waals surface area contributed by atoms with Crippen molar-refractivity contribution in [3.8, 4) is 17.2 Å². The van der Waals surface area contributed by atoms with E-state index in [0.717, 1.165) is 33.9 Å². The van der Waals surface area contributed by atoms with Crippen molar-refractivity contribution in [2.24, 2.45) is 7.05 Å². The first-order valence-corrected chi connectivity index (χ1v) is 7.28. The highest BCUT2D eigenvalue weighted by Gasteiger charge is 2.14. The summed E-state index contributed by atoms with van der Waals surface area (Å²) in [4.78, 5) is 4.71. The van der Waals surface area contributed by atoms with Crippen molar-refractivity contribution in [1.82, 2.24) is 19.3 Å².